The van der Waals surface area contributed by atoms with Crippen LogP contribution in [0.1, 0.15) is 55.2 Å². The molecule has 0 amide bonds. The molecule has 1 aromatic carbocycles. The first kappa shape index (κ1) is 24.1. The number of nitrogens with zero attached hydrogens (tertiary/aromatic N) is 3. The van der Waals surface area contributed by atoms with E-state index in [4.69, 9.17) is 25.6 Å². The molecule has 3 aromatic rings. The van der Waals surface area contributed by atoms with Crippen LogP contribution in [0.4, 0.5) is 13.2 Å². The Labute approximate surface area is 198 Å². The van der Waals surface area contributed by atoms with Crippen molar-refractivity contribution >= 4 is 17.6 Å². The minimum Gasteiger partial charge on any atom is -0.495 e. The lowest BCUT2D eigenvalue weighted by Crippen LogP contribution is -2.30. The molecule has 0 spiro atoms. The highest BCUT2D eigenvalue weighted by molar-refractivity contribution is 6.35. The number of carbonyl (C=O) groups excluding carboxylic acids is 1. The van der Waals surface area contributed by atoms with E-state index in [0.717, 1.165) is 17.3 Å². The quantitative estimate of drug-likeness (QED) is 0.350. The highest BCUT2D eigenvalue weighted by Gasteiger charge is 2.44. The van der Waals surface area contributed by atoms with Gasteiger partial charge in [-0.3, -0.25) is 4.68 Å². The van der Waals surface area contributed by atoms with Gasteiger partial charge in [0.15, 0.2) is 11.5 Å². The summed E-state index contributed by atoms with van der Waals surface area (Å²) < 4.78 is 59.3. The number of carbonyl (C=O) groups is 1. The molecule has 7 nitrogen and oxygen atoms in total. The molecular formula is C23H23ClF3N3O4. The monoisotopic (exact) mass is 497 g/mol. The summed E-state index contributed by atoms with van der Waals surface area (Å²) in [6.07, 6.45) is -1.58. The van der Waals surface area contributed by atoms with Crippen LogP contribution in [0.5, 0.6) is 5.75 Å². The van der Waals surface area contributed by atoms with Gasteiger partial charge >= 0.3 is 12.1 Å². The molecular weight excluding hydrogens is 475 g/mol. The summed E-state index contributed by atoms with van der Waals surface area (Å²) in [6.45, 7) is 3.59. The van der Waals surface area contributed by atoms with Gasteiger partial charge in [0.25, 0.3) is 0 Å². The van der Waals surface area contributed by atoms with Gasteiger partial charge in [0.05, 0.1) is 36.5 Å². The first-order valence-corrected chi connectivity index (χ1v) is 11.2. The van der Waals surface area contributed by atoms with E-state index < -0.39 is 17.8 Å². The molecule has 0 aliphatic heterocycles. The molecule has 0 bridgehead atoms. The number of hydrogen-bond donors (Lipinski definition) is 0. The minimum absolute atomic E-state index is 0.000602. The maximum atomic E-state index is 14.2. The van der Waals surface area contributed by atoms with Gasteiger partial charge in [-0.15, -0.1) is 0 Å². The van der Waals surface area contributed by atoms with Crippen molar-refractivity contribution in [3.8, 4) is 28.3 Å². The van der Waals surface area contributed by atoms with E-state index >= 15 is 0 Å². The maximum Gasteiger partial charge on any atom is 0.433 e. The number of benzene rings is 1. The number of hydrogen-bond acceptors (Lipinski definition) is 6. The van der Waals surface area contributed by atoms with Crippen LogP contribution in [0.3, 0.4) is 0 Å². The van der Waals surface area contributed by atoms with Crippen LogP contribution < -0.4 is 4.74 Å². The molecule has 0 unspecified atom stereocenters. The minimum atomic E-state index is -4.74. The highest BCUT2D eigenvalue weighted by atomic mass is 35.5. The second-order valence-corrected chi connectivity index (χ2v) is 8.40. The van der Waals surface area contributed by atoms with Gasteiger partial charge < -0.3 is 14.0 Å². The van der Waals surface area contributed by atoms with Crippen LogP contribution in [0.15, 0.2) is 28.9 Å². The number of methoxy groups -OCH3 is 1. The number of halogens is 4. The fraction of sp³-hybridized carbons (Fsp3) is 0.435. The Morgan fingerprint density at radius 3 is 2.62 bits per heavy atom. The Morgan fingerprint density at radius 1 is 1.26 bits per heavy atom. The van der Waals surface area contributed by atoms with Crippen molar-refractivity contribution in [3.05, 3.63) is 40.7 Å². The lowest BCUT2D eigenvalue weighted by atomic mass is 9.78. The van der Waals surface area contributed by atoms with Crippen LogP contribution in [-0.2, 0) is 10.9 Å². The largest absolute Gasteiger partial charge is 0.495 e. The zero-order valence-electron chi connectivity index (χ0n) is 18.8. The second-order valence-electron chi connectivity index (χ2n) is 8.03. The van der Waals surface area contributed by atoms with E-state index in [9.17, 15) is 18.0 Å². The van der Waals surface area contributed by atoms with Gasteiger partial charge in [-0.25, -0.2) is 4.79 Å². The van der Waals surface area contributed by atoms with Crippen molar-refractivity contribution in [1.82, 2.24) is 14.9 Å². The van der Waals surface area contributed by atoms with Crippen LogP contribution in [0.2, 0.25) is 5.02 Å². The van der Waals surface area contributed by atoms with Gasteiger partial charge in [-0.2, -0.15) is 18.3 Å². The zero-order valence-corrected chi connectivity index (χ0v) is 19.5. The molecule has 0 N–H and O–H groups in total. The van der Waals surface area contributed by atoms with E-state index in [-0.39, 0.29) is 45.8 Å². The number of alkyl halides is 3. The third kappa shape index (κ3) is 4.15. The van der Waals surface area contributed by atoms with Gasteiger partial charge in [0, 0.05) is 5.56 Å². The fourth-order valence-electron chi connectivity index (χ4n) is 4.22. The predicted molar refractivity (Wildman–Crippen MR) is 118 cm³/mol. The summed E-state index contributed by atoms with van der Waals surface area (Å²) in [7, 11) is 1.42. The molecule has 2 heterocycles. The topological polar surface area (TPSA) is 79.4 Å². The van der Waals surface area contributed by atoms with E-state index in [0.29, 0.717) is 24.5 Å². The van der Waals surface area contributed by atoms with Gasteiger partial charge in [0.1, 0.15) is 17.0 Å². The molecule has 1 fully saturated rings. The van der Waals surface area contributed by atoms with Crippen molar-refractivity contribution in [2.75, 3.05) is 13.7 Å². The van der Waals surface area contributed by atoms with Crippen molar-refractivity contribution in [2.24, 2.45) is 5.92 Å². The molecule has 4 rings (SSSR count). The number of rotatable bonds is 7. The van der Waals surface area contributed by atoms with Crippen LogP contribution in [0.25, 0.3) is 22.6 Å². The highest BCUT2D eigenvalue weighted by Crippen LogP contribution is 2.47. The molecule has 11 heteroatoms. The van der Waals surface area contributed by atoms with E-state index in [1.807, 2.05) is 6.92 Å². The molecule has 1 aliphatic carbocycles. The van der Waals surface area contributed by atoms with Gasteiger partial charge in [-0.05, 0) is 31.7 Å². The fourth-order valence-corrected chi connectivity index (χ4v) is 4.52. The smallest absolute Gasteiger partial charge is 0.433 e. The van der Waals surface area contributed by atoms with Crippen LogP contribution in [0, 0.1) is 5.92 Å². The average molecular weight is 498 g/mol. The van der Waals surface area contributed by atoms with Crippen LogP contribution >= 0.6 is 11.6 Å². The summed E-state index contributed by atoms with van der Waals surface area (Å²) in [4.78, 5) is 12.9. The standard InChI is InChI=1S/C23H23ClF3N3O4/c1-4-12-9-13(10-12)30-21(23(25,26)27)15(11-28-30)20-17(22(31)33-5-2)19(29-34-20)14-7-6-8-16(32-3)18(14)24/h6-8,11-13H,4-5,9-10H2,1-3H3. The third-order valence-corrected chi connectivity index (χ3v) is 6.44. The van der Waals surface area contributed by atoms with Crippen molar-refractivity contribution < 1.29 is 32.0 Å². The summed E-state index contributed by atoms with van der Waals surface area (Å²) >= 11 is 6.40. The predicted octanol–water partition coefficient (Wildman–Crippen LogP) is 6.42. The zero-order chi connectivity index (χ0) is 24.6. The lowest BCUT2D eigenvalue weighted by molar-refractivity contribution is -0.145. The summed E-state index contributed by atoms with van der Waals surface area (Å²) in [5, 5.41) is 8.08. The third-order valence-electron chi connectivity index (χ3n) is 6.05. The molecule has 34 heavy (non-hydrogen) atoms. The maximum absolute atomic E-state index is 14.2. The van der Waals surface area contributed by atoms with E-state index in [1.165, 1.54) is 7.11 Å². The first-order chi connectivity index (χ1) is 16.2. The summed E-state index contributed by atoms with van der Waals surface area (Å²) in [6, 6.07) is 4.40. The normalized spacial score (nSPS) is 18.0. The lowest BCUT2D eigenvalue weighted by Gasteiger charge is -2.36. The molecule has 1 saturated carbocycles. The van der Waals surface area contributed by atoms with Crippen molar-refractivity contribution in [2.45, 2.75) is 45.3 Å². The number of ether oxygens (including phenoxy) is 2. The average Bonchev–Trinajstić information content (AvgIpc) is 3.38. The first-order valence-electron chi connectivity index (χ1n) is 10.9. The second kappa shape index (κ2) is 9.32. The molecule has 0 atom stereocenters. The van der Waals surface area contributed by atoms with Crippen molar-refractivity contribution in [3.63, 3.8) is 0 Å². The summed E-state index contributed by atoms with van der Waals surface area (Å²) in [5.41, 5.74) is -1.43. The van der Waals surface area contributed by atoms with E-state index in [2.05, 4.69) is 10.3 Å². The van der Waals surface area contributed by atoms with Gasteiger partial charge in [-0.1, -0.05) is 42.2 Å². The van der Waals surface area contributed by atoms with Gasteiger partial charge in [0.2, 0.25) is 0 Å². The van der Waals surface area contributed by atoms with Crippen LogP contribution in [-0.4, -0.2) is 34.6 Å². The van der Waals surface area contributed by atoms with E-state index in [1.54, 1.807) is 25.1 Å². The molecule has 2 aromatic heterocycles. The Balaban J connectivity index is 1.89. The SMILES string of the molecule is CCOC(=O)c1c(-c2cccc(OC)c2Cl)noc1-c1cnn(C2CC(CC)C2)c1C(F)(F)F. The Bertz CT molecular complexity index is 1200. The Hall–Kier alpha value is -3.01. The number of aromatic nitrogens is 3. The molecule has 0 saturated heterocycles. The number of esters is 1. The van der Waals surface area contributed by atoms with Crippen molar-refractivity contribution in [1.29, 1.82) is 0 Å². The summed E-state index contributed by atoms with van der Waals surface area (Å²) in [5.74, 6) is -0.598. The molecule has 182 valence electrons. The molecule has 1 aliphatic rings. The molecule has 0 radical (unpaired) electrons. The Morgan fingerprint density at radius 2 is 2.00 bits per heavy atom. The Kier molecular flexibility index (Phi) is 6.62.